The summed E-state index contributed by atoms with van der Waals surface area (Å²) in [5.74, 6) is -0.0178. The van der Waals surface area contributed by atoms with E-state index in [0.717, 1.165) is 0 Å². The van der Waals surface area contributed by atoms with Crippen LogP contribution in [-0.2, 0) is 4.79 Å². The predicted octanol–water partition coefficient (Wildman–Crippen LogP) is 1.92. The Morgan fingerprint density at radius 2 is 2.35 bits per heavy atom. The highest BCUT2D eigenvalue weighted by Crippen LogP contribution is 2.20. The van der Waals surface area contributed by atoms with Crippen LogP contribution in [0.2, 0.25) is 0 Å². The van der Waals surface area contributed by atoms with Gasteiger partial charge in [-0.1, -0.05) is 0 Å². The fourth-order valence-electron chi connectivity index (χ4n) is 2.04. The van der Waals surface area contributed by atoms with E-state index in [1.807, 2.05) is 27.1 Å². The highest BCUT2D eigenvalue weighted by molar-refractivity contribution is 7.07. The van der Waals surface area contributed by atoms with E-state index in [-0.39, 0.29) is 18.0 Å². The molecule has 0 saturated heterocycles. The third-order valence-electron chi connectivity index (χ3n) is 3.32. The van der Waals surface area contributed by atoms with E-state index in [1.54, 1.807) is 28.4 Å². The molecule has 2 aromatic rings. The minimum atomic E-state index is -0.296. The van der Waals surface area contributed by atoms with Crippen LogP contribution in [0.25, 0.3) is 0 Å². The van der Waals surface area contributed by atoms with Gasteiger partial charge in [0.05, 0.1) is 6.04 Å². The van der Waals surface area contributed by atoms with Crippen molar-refractivity contribution < 1.29 is 4.79 Å². The van der Waals surface area contributed by atoms with Gasteiger partial charge in [-0.05, 0) is 49.5 Å². The molecule has 0 aliphatic heterocycles. The molecule has 1 N–H and O–H groups in total. The predicted molar refractivity (Wildman–Crippen MR) is 80.7 cm³/mol. The maximum Gasteiger partial charge on any atom is 0.244 e. The normalized spacial score (nSPS) is 14.2. The Morgan fingerprint density at radius 1 is 1.55 bits per heavy atom. The molecule has 0 aromatic carbocycles. The maximum atomic E-state index is 12.2. The van der Waals surface area contributed by atoms with Gasteiger partial charge in [-0.25, -0.2) is 0 Å². The monoisotopic (exact) mass is 292 g/mol. The van der Waals surface area contributed by atoms with Crippen LogP contribution in [0.15, 0.2) is 35.3 Å². The fourth-order valence-corrected chi connectivity index (χ4v) is 2.75. The molecule has 0 bridgehead atoms. The number of hydrogen-bond acceptors (Lipinski definition) is 4. The zero-order valence-corrected chi connectivity index (χ0v) is 12.8. The maximum absolute atomic E-state index is 12.2. The Labute approximate surface area is 123 Å². The quantitative estimate of drug-likeness (QED) is 0.885. The van der Waals surface area contributed by atoms with Gasteiger partial charge in [0.15, 0.2) is 0 Å². The van der Waals surface area contributed by atoms with Crippen LogP contribution >= 0.6 is 11.3 Å². The lowest BCUT2D eigenvalue weighted by Crippen LogP contribution is -2.37. The van der Waals surface area contributed by atoms with E-state index in [2.05, 4.69) is 32.1 Å². The fraction of sp³-hybridized carbons (Fsp3) is 0.429. The van der Waals surface area contributed by atoms with Crippen molar-refractivity contribution in [3.8, 4) is 0 Å². The van der Waals surface area contributed by atoms with Crippen LogP contribution in [0.4, 0.5) is 0 Å². The van der Waals surface area contributed by atoms with Gasteiger partial charge in [0.1, 0.15) is 6.04 Å². The summed E-state index contributed by atoms with van der Waals surface area (Å²) in [5, 5.41) is 11.3. The minimum absolute atomic E-state index is 0.0178. The van der Waals surface area contributed by atoms with Gasteiger partial charge >= 0.3 is 0 Å². The van der Waals surface area contributed by atoms with E-state index in [9.17, 15) is 4.79 Å². The summed E-state index contributed by atoms with van der Waals surface area (Å²) in [6.07, 6.45) is 3.48. The minimum Gasteiger partial charge on any atom is -0.352 e. The number of nitrogens with zero attached hydrogens (tertiary/aromatic N) is 3. The Morgan fingerprint density at radius 3 is 2.90 bits per heavy atom. The van der Waals surface area contributed by atoms with Crippen molar-refractivity contribution in [1.82, 2.24) is 20.0 Å². The van der Waals surface area contributed by atoms with E-state index < -0.39 is 0 Å². The highest BCUT2D eigenvalue weighted by Gasteiger charge is 2.19. The van der Waals surface area contributed by atoms with Crippen molar-refractivity contribution in [3.05, 3.63) is 40.8 Å². The second-order valence-electron chi connectivity index (χ2n) is 4.94. The standard InChI is InChI=1S/C14H20N4OS/c1-11(18-7-4-6-16-18)14(19)15-9-13(17(2)3)12-5-8-20-10-12/h4-8,10-11,13H,9H2,1-3H3,(H,15,19)/t11-,13-/m0/s1. The SMILES string of the molecule is C[C@@H](C(=O)NC[C@@H](c1ccsc1)N(C)C)n1cccn1. The summed E-state index contributed by atoms with van der Waals surface area (Å²) in [7, 11) is 4.04. The van der Waals surface area contributed by atoms with Gasteiger partial charge in [-0.15, -0.1) is 0 Å². The molecule has 6 heteroatoms. The summed E-state index contributed by atoms with van der Waals surface area (Å²) in [5.41, 5.74) is 1.23. The Balaban J connectivity index is 1.94. The lowest BCUT2D eigenvalue weighted by Gasteiger charge is -2.24. The van der Waals surface area contributed by atoms with Crippen molar-refractivity contribution in [2.45, 2.75) is 19.0 Å². The molecule has 0 aliphatic rings. The van der Waals surface area contributed by atoms with Crippen LogP contribution < -0.4 is 5.32 Å². The molecule has 108 valence electrons. The Hall–Kier alpha value is -1.66. The molecule has 2 rings (SSSR count). The van der Waals surface area contributed by atoms with Gasteiger partial charge < -0.3 is 10.2 Å². The number of hydrogen-bond donors (Lipinski definition) is 1. The third kappa shape index (κ3) is 3.46. The third-order valence-corrected chi connectivity index (χ3v) is 4.02. The van der Waals surface area contributed by atoms with Gasteiger partial charge in [0.2, 0.25) is 5.91 Å². The number of amides is 1. The van der Waals surface area contributed by atoms with Gasteiger partial charge in [-0.2, -0.15) is 16.4 Å². The van der Waals surface area contributed by atoms with Crippen LogP contribution in [-0.4, -0.2) is 41.2 Å². The molecule has 2 heterocycles. The molecule has 1 amide bonds. The average Bonchev–Trinajstić information content (AvgIpc) is 3.10. The van der Waals surface area contributed by atoms with Gasteiger partial charge in [0, 0.05) is 18.9 Å². The summed E-state index contributed by atoms with van der Waals surface area (Å²) >= 11 is 1.67. The first-order valence-corrected chi connectivity index (χ1v) is 7.49. The molecule has 0 saturated carbocycles. The summed E-state index contributed by atoms with van der Waals surface area (Å²) in [6.45, 7) is 2.44. The molecular formula is C14H20N4OS. The average molecular weight is 292 g/mol. The number of nitrogens with one attached hydrogen (secondary N) is 1. The van der Waals surface area contributed by atoms with E-state index >= 15 is 0 Å². The number of likely N-dealkylation sites (N-methyl/N-ethyl adjacent to an activating group) is 1. The molecule has 5 nitrogen and oxygen atoms in total. The molecule has 2 atom stereocenters. The second-order valence-corrected chi connectivity index (χ2v) is 5.72. The van der Waals surface area contributed by atoms with Crippen LogP contribution in [0.5, 0.6) is 0 Å². The smallest absolute Gasteiger partial charge is 0.244 e. The van der Waals surface area contributed by atoms with Crippen molar-refractivity contribution in [2.75, 3.05) is 20.6 Å². The van der Waals surface area contributed by atoms with Crippen LogP contribution in [0.3, 0.4) is 0 Å². The first kappa shape index (κ1) is 14.7. The molecule has 2 aromatic heterocycles. The van der Waals surface area contributed by atoms with Crippen molar-refractivity contribution in [1.29, 1.82) is 0 Å². The lowest BCUT2D eigenvalue weighted by molar-refractivity contribution is -0.124. The number of thiophene rings is 1. The zero-order valence-electron chi connectivity index (χ0n) is 12.0. The topological polar surface area (TPSA) is 50.2 Å². The zero-order chi connectivity index (χ0) is 14.5. The first-order chi connectivity index (χ1) is 9.59. The summed E-state index contributed by atoms with van der Waals surface area (Å²) in [4.78, 5) is 14.3. The largest absolute Gasteiger partial charge is 0.352 e. The number of carbonyl (C=O) groups excluding carboxylic acids is 1. The summed E-state index contributed by atoms with van der Waals surface area (Å²) < 4.78 is 1.66. The van der Waals surface area contributed by atoms with E-state index in [1.165, 1.54) is 5.56 Å². The van der Waals surface area contributed by atoms with Crippen molar-refractivity contribution in [3.63, 3.8) is 0 Å². The second kappa shape index (κ2) is 6.67. The van der Waals surface area contributed by atoms with Gasteiger partial charge in [-0.3, -0.25) is 9.48 Å². The van der Waals surface area contributed by atoms with Crippen LogP contribution in [0.1, 0.15) is 24.6 Å². The molecule has 0 aliphatic carbocycles. The number of aromatic nitrogens is 2. The first-order valence-electron chi connectivity index (χ1n) is 6.55. The number of carbonyl (C=O) groups is 1. The molecular weight excluding hydrogens is 272 g/mol. The summed E-state index contributed by atoms with van der Waals surface area (Å²) in [6, 6.07) is 3.81. The number of rotatable bonds is 6. The van der Waals surface area contributed by atoms with E-state index in [4.69, 9.17) is 0 Å². The Kier molecular flexibility index (Phi) is 4.92. The van der Waals surface area contributed by atoms with Crippen molar-refractivity contribution in [2.24, 2.45) is 0 Å². The lowest BCUT2D eigenvalue weighted by atomic mass is 10.1. The van der Waals surface area contributed by atoms with E-state index in [0.29, 0.717) is 6.54 Å². The molecule has 0 radical (unpaired) electrons. The highest BCUT2D eigenvalue weighted by atomic mass is 32.1. The Bertz CT molecular complexity index is 521. The van der Waals surface area contributed by atoms with Gasteiger partial charge in [0.25, 0.3) is 0 Å². The molecule has 20 heavy (non-hydrogen) atoms. The van der Waals surface area contributed by atoms with Crippen LogP contribution in [0, 0.1) is 0 Å². The molecule has 0 unspecified atom stereocenters. The molecule has 0 fully saturated rings. The van der Waals surface area contributed by atoms with Crippen molar-refractivity contribution >= 4 is 17.2 Å². The molecule has 0 spiro atoms.